The molecule has 0 aromatic heterocycles. The topological polar surface area (TPSA) is 32.7 Å². The van der Waals surface area contributed by atoms with E-state index in [2.05, 4.69) is 41.9 Å². The van der Waals surface area contributed by atoms with Crippen LogP contribution in [0.3, 0.4) is 0 Å². The standard InChI is InChI=1S/C16H22N2O/c1-12(2)13-6-7-15(18(3)4)14(10-13)16(17-11-19)8-5-9-16/h6-7,10,12H,5,8-9H2,1-4H3. The number of hydrogen-bond donors (Lipinski definition) is 0. The van der Waals surface area contributed by atoms with E-state index in [1.165, 1.54) is 11.1 Å². The van der Waals surface area contributed by atoms with E-state index in [0.29, 0.717) is 5.92 Å². The van der Waals surface area contributed by atoms with E-state index in [0.717, 1.165) is 24.9 Å². The SMILES string of the molecule is CC(C)c1ccc(N(C)C)c(C2(N=C=O)CCC2)c1. The van der Waals surface area contributed by atoms with E-state index < -0.39 is 0 Å². The largest absolute Gasteiger partial charge is 0.377 e. The first-order valence-corrected chi connectivity index (χ1v) is 6.91. The van der Waals surface area contributed by atoms with Crippen molar-refractivity contribution in [1.82, 2.24) is 0 Å². The summed E-state index contributed by atoms with van der Waals surface area (Å²) in [5, 5.41) is 0. The van der Waals surface area contributed by atoms with Crippen molar-refractivity contribution in [2.45, 2.75) is 44.6 Å². The number of isocyanates is 1. The maximum atomic E-state index is 10.8. The predicted octanol–water partition coefficient (Wildman–Crippen LogP) is 3.59. The molecule has 3 heteroatoms. The van der Waals surface area contributed by atoms with Gasteiger partial charge in [-0.15, -0.1) is 0 Å². The van der Waals surface area contributed by atoms with Gasteiger partial charge in [-0.25, -0.2) is 4.79 Å². The Hall–Kier alpha value is -1.60. The van der Waals surface area contributed by atoms with Gasteiger partial charge in [-0.1, -0.05) is 26.0 Å². The Kier molecular flexibility index (Phi) is 3.77. The highest BCUT2D eigenvalue weighted by Crippen LogP contribution is 2.48. The molecule has 0 atom stereocenters. The van der Waals surface area contributed by atoms with Crippen molar-refractivity contribution < 1.29 is 4.79 Å². The highest BCUT2D eigenvalue weighted by molar-refractivity contribution is 5.59. The van der Waals surface area contributed by atoms with E-state index in [1.54, 1.807) is 6.08 Å². The van der Waals surface area contributed by atoms with Gasteiger partial charge in [-0.05, 0) is 36.8 Å². The molecule has 1 aliphatic carbocycles. The second kappa shape index (κ2) is 5.18. The molecular weight excluding hydrogens is 236 g/mol. The molecule has 1 aromatic rings. The van der Waals surface area contributed by atoms with Crippen LogP contribution in [-0.4, -0.2) is 20.2 Å². The molecule has 0 heterocycles. The van der Waals surface area contributed by atoms with Crippen molar-refractivity contribution in [1.29, 1.82) is 0 Å². The molecule has 0 aliphatic heterocycles. The van der Waals surface area contributed by atoms with E-state index in [9.17, 15) is 4.79 Å². The van der Waals surface area contributed by atoms with Gasteiger partial charge in [-0.2, -0.15) is 4.99 Å². The third-order valence-corrected chi connectivity index (χ3v) is 4.11. The molecule has 1 aromatic carbocycles. The van der Waals surface area contributed by atoms with Crippen LogP contribution in [0.2, 0.25) is 0 Å². The summed E-state index contributed by atoms with van der Waals surface area (Å²) in [4.78, 5) is 17.0. The minimum Gasteiger partial charge on any atom is -0.377 e. The summed E-state index contributed by atoms with van der Waals surface area (Å²) in [5.41, 5.74) is 3.31. The quantitative estimate of drug-likeness (QED) is 0.610. The van der Waals surface area contributed by atoms with Gasteiger partial charge in [0, 0.05) is 25.3 Å². The van der Waals surface area contributed by atoms with Crippen LogP contribution in [-0.2, 0) is 10.3 Å². The fraction of sp³-hybridized carbons (Fsp3) is 0.562. The Bertz CT molecular complexity index is 509. The molecule has 3 nitrogen and oxygen atoms in total. The fourth-order valence-electron chi connectivity index (χ4n) is 2.72. The first kappa shape index (κ1) is 13.8. The van der Waals surface area contributed by atoms with E-state index in [4.69, 9.17) is 0 Å². The summed E-state index contributed by atoms with van der Waals surface area (Å²) in [6.45, 7) is 4.37. The molecule has 0 bridgehead atoms. The van der Waals surface area contributed by atoms with Crippen LogP contribution in [0.15, 0.2) is 23.2 Å². The molecule has 102 valence electrons. The smallest absolute Gasteiger partial charge is 0.235 e. The monoisotopic (exact) mass is 258 g/mol. The summed E-state index contributed by atoms with van der Waals surface area (Å²) in [6.07, 6.45) is 4.81. The van der Waals surface area contributed by atoms with Gasteiger partial charge in [0.05, 0.1) is 0 Å². The fourth-order valence-corrected chi connectivity index (χ4v) is 2.72. The average molecular weight is 258 g/mol. The Morgan fingerprint density at radius 2 is 2.00 bits per heavy atom. The summed E-state index contributed by atoms with van der Waals surface area (Å²) >= 11 is 0. The molecule has 0 N–H and O–H groups in total. The van der Waals surface area contributed by atoms with E-state index >= 15 is 0 Å². The number of nitrogens with zero attached hydrogens (tertiary/aromatic N) is 2. The molecule has 0 radical (unpaired) electrons. The zero-order valence-electron chi connectivity index (χ0n) is 12.2. The molecule has 0 amide bonds. The lowest BCUT2D eigenvalue weighted by molar-refractivity contribution is 0.256. The van der Waals surface area contributed by atoms with Crippen molar-refractivity contribution in [2.75, 3.05) is 19.0 Å². The first-order chi connectivity index (χ1) is 9.00. The molecule has 19 heavy (non-hydrogen) atoms. The van der Waals surface area contributed by atoms with Crippen LogP contribution < -0.4 is 4.90 Å². The second-order valence-corrected chi connectivity index (χ2v) is 5.91. The lowest BCUT2D eigenvalue weighted by Crippen LogP contribution is -2.34. The second-order valence-electron chi connectivity index (χ2n) is 5.91. The number of anilines is 1. The number of carbonyl (C=O) groups excluding carboxylic acids is 1. The van der Waals surface area contributed by atoms with Crippen LogP contribution in [0.5, 0.6) is 0 Å². The van der Waals surface area contributed by atoms with Crippen LogP contribution in [0.4, 0.5) is 5.69 Å². The van der Waals surface area contributed by atoms with Gasteiger partial charge in [0.25, 0.3) is 0 Å². The molecule has 0 saturated heterocycles. The Morgan fingerprint density at radius 1 is 1.32 bits per heavy atom. The lowest BCUT2D eigenvalue weighted by atomic mass is 9.71. The number of hydrogen-bond acceptors (Lipinski definition) is 3. The summed E-state index contributed by atoms with van der Waals surface area (Å²) in [7, 11) is 4.07. The highest BCUT2D eigenvalue weighted by atomic mass is 16.1. The maximum Gasteiger partial charge on any atom is 0.235 e. The molecule has 0 spiro atoms. The summed E-state index contributed by atoms with van der Waals surface area (Å²) < 4.78 is 0. The van der Waals surface area contributed by atoms with Crippen LogP contribution >= 0.6 is 0 Å². The third-order valence-electron chi connectivity index (χ3n) is 4.11. The van der Waals surface area contributed by atoms with E-state index in [1.807, 2.05) is 14.1 Å². The maximum absolute atomic E-state index is 10.8. The third kappa shape index (κ3) is 2.43. The van der Waals surface area contributed by atoms with Crippen molar-refractivity contribution in [3.63, 3.8) is 0 Å². The molecule has 1 aliphatic rings. The predicted molar refractivity (Wildman–Crippen MR) is 78.5 cm³/mol. The number of rotatable bonds is 4. The number of aliphatic imine (C=N–C) groups is 1. The summed E-state index contributed by atoms with van der Waals surface area (Å²) in [6, 6.07) is 6.53. The first-order valence-electron chi connectivity index (χ1n) is 6.91. The molecular formula is C16H22N2O. The van der Waals surface area contributed by atoms with Crippen molar-refractivity contribution >= 4 is 11.8 Å². The van der Waals surface area contributed by atoms with Gasteiger partial charge in [0.2, 0.25) is 6.08 Å². The van der Waals surface area contributed by atoms with Crippen molar-refractivity contribution in [2.24, 2.45) is 4.99 Å². The van der Waals surface area contributed by atoms with Crippen LogP contribution in [0.25, 0.3) is 0 Å². The van der Waals surface area contributed by atoms with Gasteiger partial charge in [0.1, 0.15) is 5.54 Å². The van der Waals surface area contributed by atoms with Gasteiger partial charge < -0.3 is 4.90 Å². The van der Waals surface area contributed by atoms with Gasteiger partial charge in [-0.3, -0.25) is 0 Å². The Labute approximate surface area is 115 Å². The van der Waals surface area contributed by atoms with Crippen molar-refractivity contribution in [3.05, 3.63) is 29.3 Å². The zero-order valence-corrected chi connectivity index (χ0v) is 12.2. The summed E-state index contributed by atoms with van der Waals surface area (Å²) in [5.74, 6) is 0.479. The average Bonchev–Trinajstić information content (AvgIpc) is 2.32. The van der Waals surface area contributed by atoms with Crippen LogP contribution in [0, 0.1) is 0 Å². The zero-order chi connectivity index (χ0) is 14.0. The minimum atomic E-state index is -0.327. The molecule has 1 fully saturated rings. The van der Waals surface area contributed by atoms with Gasteiger partial charge in [0.15, 0.2) is 0 Å². The molecule has 0 unspecified atom stereocenters. The lowest BCUT2D eigenvalue weighted by Gasteiger charge is -2.39. The van der Waals surface area contributed by atoms with E-state index in [-0.39, 0.29) is 5.54 Å². The Morgan fingerprint density at radius 3 is 2.42 bits per heavy atom. The van der Waals surface area contributed by atoms with Gasteiger partial charge >= 0.3 is 0 Å². The molecule has 1 saturated carbocycles. The highest BCUT2D eigenvalue weighted by Gasteiger charge is 2.41. The molecule has 2 rings (SSSR count). The number of benzene rings is 1. The Balaban J connectivity index is 2.57. The van der Waals surface area contributed by atoms with Crippen molar-refractivity contribution in [3.8, 4) is 0 Å². The minimum absolute atomic E-state index is 0.327. The normalized spacial score (nSPS) is 16.7. The van der Waals surface area contributed by atoms with Crippen LogP contribution in [0.1, 0.15) is 50.2 Å².